The fraction of sp³-hybridized carbons (Fsp3) is 0.949. The van der Waals surface area contributed by atoms with Gasteiger partial charge in [0.1, 0.15) is 12.2 Å². The summed E-state index contributed by atoms with van der Waals surface area (Å²) in [6.07, 6.45) is 16.0. The molecule has 0 unspecified atom stereocenters. The molecule has 2 aliphatic heterocycles. The minimum absolute atomic E-state index is 0.00699. The smallest absolute Gasteiger partial charge is 0.311 e. The lowest BCUT2D eigenvalue weighted by Crippen LogP contribution is -2.61. The van der Waals surface area contributed by atoms with E-state index in [1.54, 1.807) is 0 Å². The lowest BCUT2D eigenvalue weighted by molar-refractivity contribution is -0.188. The predicted molar refractivity (Wildman–Crippen MR) is 180 cm³/mol. The van der Waals surface area contributed by atoms with E-state index in [1.165, 1.54) is 64.2 Å². The normalized spacial score (nSPS) is 43.1. The molecule has 2 heterocycles. The molecule has 0 aromatic heterocycles. The molecule has 0 amide bonds. The Morgan fingerprint density at radius 2 is 1.20 bits per heavy atom. The largest absolute Gasteiger partial charge is 0.460 e. The summed E-state index contributed by atoms with van der Waals surface area (Å²) in [7, 11) is 0. The van der Waals surface area contributed by atoms with Gasteiger partial charge in [-0.25, -0.2) is 0 Å². The zero-order valence-electron chi connectivity index (χ0n) is 30.2. The van der Waals surface area contributed by atoms with Gasteiger partial charge in [-0.3, -0.25) is 19.4 Å². The van der Waals surface area contributed by atoms with Crippen LogP contribution in [0.15, 0.2) is 0 Å². The third-order valence-corrected chi connectivity index (χ3v) is 14.0. The number of carbonyl (C=O) groups is 2. The van der Waals surface area contributed by atoms with E-state index in [1.807, 2.05) is 41.5 Å². The average Bonchev–Trinajstić information content (AvgIpc) is 3.29. The predicted octanol–water partition coefficient (Wildman–Crippen LogP) is 7.87. The van der Waals surface area contributed by atoms with Crippen LogP contribution in [0.5, 0.6) is 0 Å². The number of hydrogen-bond acceptors (Lipinski definition) is 6. The first-order chi connectivity index (χ1) is 21.1. The number of carbonyl (C=O) groups excluding carboxylic acids is 2. The van der Waals surface area contributed by atoms with E-state index < -0.39 is 10.8 Å². The molecule has 0 aromatic rings. The van der Waals surface area contributed by atoms with Gasteiger partial charge in [0.25, 0.3) is 0 Å². The van der Waals surface area contributed by atoms with Crippen molar-refractivity contribution >= 4 is 11.9 Å². The molecule has 0 radical (unpaired) electrons. The summed E-state index contributed by atoms with van der Waals surface area (Å²) in [6, 6.07) is 0.680. The van der Waals surface area contributed by atoms with Gasteiger partial charge >= 0.3 is 11.9 Å². The number of likely N-dealkylation sites (tertiary alicyclic amines) is 2. The molecule has 10 atom stereocenters. The molecule has 6 fully saturated rings. The van der Waals surface area contributed by atoms with Gasteiger partial charge in [0.15, 0.2) is 0 Å². The van der Waals surface area contributed by atoms with E-state index in [9.17, 15) is 9.59 Å². The molecule has 4 aliphatic carbocycles. The highest BCUT2D eigenvalue weighted by molar-refractivity contribution is 5.76. The molecule has 4 saturated carbocycles. The summed E-state index contributed by atoms with van der Waals surface area (Å²) < 4.78 is 13.1. The summed E-state index contributed by atoms with van der Waals surface area (Å²) in [5, 5.41) is 0. The highest BCUT2D eigenvalue weighted by atomic mass is 16.6. The van der Waals surface area contributed by atoms with E-state index in [0.29, 0.717) is 35.8 Å². The lowest BCUT2D eigenvalue weighted by Gasteiger charge is -2.62. The molecule has 0 bridgehead atoms. The third kappa shape index (κ3) is 6.27. The summed E-state index contributed by atoms with van der Waals surface area (Å²) in [5.74, 6) is 2.53. The van der Waals surface area contributed by atoms with Crippen molar-refractivity contribution in [2.75, 3.05) is 26.2 Å². The van der Waals surface area contributed by atoms with Crippen LogP contribution in [-0.4, -0.2) is 72.2 Å². The van der Waals surface area contributed by atoms with Crippen LogP contribution in [0.3, 0.4) is 0 Å². The Morgan fingerprint density at radius 1 is 0.644 bits per heavy atom. The van der Waals surface area contributed by atoms with Crippen LogP contribution >= 0.6 is 0 Å². The first-order valence-corrected chi connectivity index (χ1v) is 19.0. The Hall–Kier alpha value is -1.14. The van der Waals surface area contributed by atoms with Crippen LogP contribution in [-0.2, 0) is 19.1 Å². The molecule has 2 saturated heterocycles. The molecule has 256 valence electrons. The zero-order valence-corrected chi connectivity index (χ0v) is 30.2. The fourth-order valence-corrected chi connectivity index (χ4v) is 11.4. The summed E-state index contributed by atoms with van der Waals surface area (Å²) in [6.45, 7) is 21.7. The Labute approximate surface area is 275 Å². The molecule has 6 heteroatoms. The lowest BCUT2D eigenvalue weighted by atomic mass is 9.44. The van der Waals surface area contributed by atoms with E-state index >= 15 is 0 Å². The van der Waals surface area contributed by atoms with Gasteiger partial charge in [0.2, 0.25) is 0 Å². The molecule has 45 heavy (non-hydrogen) atoms. The maximum atomic E-state index is 13.5. The Kier molecular flexibility index (Phi) is 9.29. The summed E-state index contributed by atoms with van der Waals surface area (Å²) >= 11 is 0. The quantitative estimate of drug-likeness (QED) is 0.296. The molecule has 6 nitrogen and oxygen atoms in total. The second kappa shape index (κ2) is 12.4. The topological polar surface area (TPSA) is 59.1 Å². The SMILES string of the molecule is CC(C)(C)C(=O)O[C@H]1C[C@@H]2CC[C@@H]3[C@H](CC[C@@]4(C)[C@H]3C[C@H](N3CCCCC3)[C@@H]4OC(=O)C(C)(C)C)[C@@]2(C)C[C@@H]1N1CCCCC1. The van der Waals surface area contributed by atoms with Gasteiger partial charge < -0.3 is 9.47 Å². The molecule has 0 N–H and O–H groups in total. The van der Waals surface area contributed by atoms with E-state index in [-0.39, 0.29) is 35.0 Å². The van der Waals surface area contributed by atoms with Crippen molar-refractivity contribution < 1.29 is 19.1 Å². The van der Waals surface area contributed by atoms with Crippen LogP contribution in [0, 0.1) is 45.3 Å². The van der Waals surface area contributed by atoms with Crippen molar-refractivity contribution in [3.05, 3.63) is 0 Å². The fourth-order valence-electron chi connectivity index (χ4n) is 11.4. The van der Waals surface area contributed by atoms with Gasteiger partial charge in [-0.05, 0) is 167 Å². The monoisotopic (exact) mass is 627 g/mol. The van der Waals surface area contributed by atoms with Crippen molar-refractivity contribution in [2.24, 2.45) is 45.3 Å². The van der Waals surface area contributed by atoms with Gasteiger partial charge in [0, 0.05) is 17.5 Å². The number of fused-ring (bicyclic) bond motifs is 5. The van der Waals surface area contributed by atoms with Crippen molar-refractivity contribution in [3.8, 4) is 0 Å². The van der Waals surface area contributed by atoms with Crippen LogP contribution in [0.25, 0.3) is 0 Å². The van der Waals surface area contributed by atoms with Crippen LogP contribution < -0.4 is 0 Å². The van der Waals surface area contributed by atoms with Crippen LogP contribution in [0.4, 0.5) is 0 Å². The zero-order chi connectivity index (χ0) is 32.4. The Bertz CT molecular complexity index is 1080. The maximum Gasteiger partial charge on any atom is 0.311 e. The van der Waals surface area contributed by atoms with E-state index in [2.05, 4.69) is 23.6 Å². The van der Waals surface area contributed by atoms with Gasteiger partial charge in [0.05, 0.1) is 10.8 Å². The molecular formula is C39H66N2O4. The van der Waals surface area contributed by atoms with Crippen LogP contribution in [0.1, 0.15) is 139 Å². The van der Waals surface area contributed by atoms with Gasteiger partial charge in [-0.15, -0.1) is 0 Å². The number of piperidine rings is 2. The Balaban J connectivity index is 1.28. The third-order valence-electron chi connectivity index (χ3n) is 14.0. The van der Waals surface area contributed by atoms with Crippen molar-refractivity contribution in [1.29, 1.82) is 0 Å². The standard InChI is InChI=1S/C39H66N2O4/c1-36(2,3)34(42)44-32-23-26-15-16-27-28(39(26,8)25-31(32)41-21-13-10-14-22-41)17-18-38(7)29(27)24-30(40-19-11-9-12-20-40)33(38)45-35(43)37(4,5)6/h26-33H,9-25H2,1-8H3/t26-,27+,28-,29-,30-,31-,32-,33-,38-,39-/m0/s1. The first kappa shape index (κ1) is 33.7. The van der Waals surface area contributed by atoms with Gasteiger partial charge in [-0.1, -0.05) is 26.7 Å². The highest BCUT2D eigenvalue weighted by Crippen LogP contribution is 2.67. The van der Waals surface area contributed by atoms with Gasteiger partial charge in [-0.2, -0.15) is 0 Å². The van der Waals surface area contributed by atoms with E-state index in [0.717, 1.165) is 45.4 Å². The Morgan fingerprint density at radius 3 is 1.78 bits per heavy atom. The second-order valence-corrected chi connectivity index (χ2v) is 19.0. The van der Waals surface area contributed by atoms with Crippen molar-refractivity contribution in [1.82, 2.24) is 9.80 Å². The number of hydrogen-bond donors (Lipinski definition) is 0. The van der Waals surface area contributed by atoms with E-state index in [4.69, 9.17) is 9.47 Å². The first-order valence-electron chi connectivity index (χ1n) is 19.0. The highest BCUT2D eigenvalue weighted by Gasteiger charge is 2.65. The molecule has 0 spiro atoms. The second-order valence-electron chi connectivity index (χ2n) is 19.0. The van der Waals surface area contributed by atoms with Crippen molar-refractivity contribution in [3.63, 3.8) is 0 Å². The summed E-state index contributed by atoms with van der Waals surface area (Å²) in [5.41, 5.74) is -0.655. The number of nitrogens with zero attached hydrogens (tertiary/aromatic N) is 2. The van der Waals surface area contributed by atoms with Crippen LogP contribution in [0.2, 0.25) is 0 Å². The summed E-state index contributed by atoms with van der Waals surface area (Å²) in [4.78, 5) is 32.1. The molecule has 6 rings (SSSR count). The minimum Gasteiger partial charge on any atom is -0.460 e. The molecule has 6 aliphatic rings. The average molecular weight is 627 g/mol. The van der Waals surface area contributed by atoms with Crippen molar-refractivity contribution in [2.45, 2.75) is 163 Å². The maximum absolute atomic E-state index is 13.5. The number of rotatable bonds is 4. The number of esters is 2. The minimum atomic E-state index is -0.484. The number of ether oxygens (including phenoxy) is 2. The molecule has 0 aromatic carbocycles. The molecular weight excluding hydrogens is 560 g/mol.